The van der Waals surface area contributed by atoms with Gasteiger partial charge in [-0.1, -0.05) is 30.3 Å². The second-order valence-electron chi connectivity index (χ2n) is 5.74. The standard InChI is InChI=1S/C19H17F3N2O4/c1-11(16(25)24-18(27)23-2)28-17(26)15-6-4-3-5-14(15)12-7-9-13(10-8-12)19(20,21)22/h3-11H,1-2H3,(H2,23,24,25,27)/t11-/m0/s1. The maximum Gasteiger partial charge on any atom is 0.416 e. The number of carbonyl (C=O) groups excluding carboxylic acids is 3. The van der Waals surface area contributed by atoms with Crippen LogP contribution >= 0.6 is 0 Å². The maximum atomic E-state index is 12.7. The van der Waals surface area contributed by atoms with E-state index in [1.807, 2.05) is 5.32 Å². The van der Waals surface area contributed by atoms with Gasteiger partial charge in [0.1, 0.15) is 0 Å². The van der Waals surface area contributed by atoms with Gasteiger partial charge in [-0.3, -0.25) is 10.1 Å². The minimum atomic E-state index is -4.47. The van der Waals surface area contributed by atoms with Gasteiger partial charge in [0, 0.05) is 7.05 Å². The highest BCUT2D eigenvalue weighted by atomic mass is 19.4. The molecule has 0 heterocycles. The number of halogens is 3. The molecule has 0 saturated carbocycles. The molecule has 9 heteroatoms. The highest BCUT2D eigenvalue weighted by Gasteiger charge is 2.30. The smallest absolute Gasteiger partial charge is 0.416 e. The van der Waals surface area contributed by atoms with Crippen LogP contribution in [-0.2, 0) is 15.7 Å². The van der Waals surface area contributed by atoms with E-state index in [0.717, 1.165) is 12.1 Å². The van der Waals surface area contributed by atoms with Crippen molar-refractivity contribution in [3.05, 3.63) is 59.7 Å². The zero-order chi connectivity index (χ0) is 20.9. The van der Waals surface area contributed by atoms with E-state index in [2.05, 4.69) is 5.32 Å². The van der Waals surface area contributed by atoms with Crippen molar-refractivity contribution >= 4 is 17.9 Å². The minimum absolute atomic E-state index is 0.0712. The zero-order valence-electron chi connectivity index (χ0n) is 15.0. The van der Waals surface area contributed by atoms with Crippen LogP contribution in [0.4, 0.5) is 18.0 Å². The third-order valence-corrected chi connectivity index (χ3v) is 3.79. The van der Waals surface area contributed by atoms with Gasteiger partial charge in [0.15, 0.2) is 6.10 Å². The molecule has 148 valence electrons. The second kappa shape index (κ2) is 8.55. The van der Waals surface area contributed by atoms with Crippen LogP contribution in [0.15, 0.2) is 48.5 Å². The van der Waals surface area contributed by atoms with Crippen LogP contribution in [-0.4, -0.2) is 31.1 Å². The van der Waals surface area contributed by atoms with Crippen LogP contribution in [0.5, 0.6) is 0 Å². The lowest BCUT2D eigenvalue weighted by Gasteiger charge is -2.15. The zero-order valence-corrected chi connectivity index (χ0v) is 15.0. The summed E-state index contributed by atoms with van der Waals surface area (Å²) in [5, 5.41) is 4.17. The van der Waals surface area contributed by atoms with E-state index in [9.17, 15) is 27.6 Å². The van der Waals surface area contributed by atoms with Crippen molar-refractivity contribution in [1.82, 2.24) is 10.6 Å². The van der Waals surface area contributed by atoms with Crippen LogP contribution in [0, 0.1) is 0 Å². The maximum absolute atomic E-state index is 12.7. The molecule has 0 unspecified atom stereocenters. The van der Waals surface area contributed by atoms with Crippen LogP contribution in [0.1, 0.15) is 22.8 Å². The Morgan fingerprint density at radius 1 is 1.00 bits per heavy atom. The molecule has 0 spiro atoms. The Balaban J connectivity index is 2.22. The third kappa shape index (κ3) is 5.09. The van der Waals surface area contributed by atoms with Crippen molar-refractivity contribution in [2.45, 2.75) is 19.2 Å². The molecule has 2 rings (SSSR count). The van der Waals surface area contributed by atoms with Crippen molar-refractivity contribution in [2.24, 2.45) is 0 Å². The summed E-state index contributed by atoms with van der Waals surface area (Å²) in [6, 6.07) is 9.72. The molecule has 28 heavy (non-hydrogen) atoms. The summed E-state index contributed by atoms with van der Waals surface area (Å²) in [5.74, 6) is -1.67. The summed E-state index contributed by atoms with van der Waals surface area (Å²) in [4.78, 5) is 35.4. The molecule has 0 aliphatic carbocycles. The van der Waals surface area contributed by atoms with Gasteiger partial charge in [0.05, 0.1) is 11.1 Å². The molecule has 0 bridgehead atoms. The van der Waals surface area contributed by atoms with Gasteiger partial charge in [-0.05, 0) is 36.2 Å². The summed E-state index contributed by atoms with van der Waals surface area (Å²) in [6.45, 7) is 1.29. The van der Waals surface area contributed by atoms with Gasteiger partial charge < -0.3 is 10.1 Å². The quantitative estimate of drug-likeness (QED) is 0.779. The van der Waals surface area contributed by atoms with E-state index in [-0.39, 0.29) is 5.56 Å². The van der Waals surface area contributed by atoms with Crippen LogP contribution < -0.4 is 10.6 Å². The average molecular weight is 394 g/mol. The van der Waals surface area contributed by atoms with Crippen LogP contribution in [0.3, 0.4) is 0 Å². The van der Waals surface area contributed by atoms with E-state index >= 15 is 0 Å². The molecule has 0 radical (unpaired) electrons. The molecule has 2 aromatic rings. The minimum Gasteiger partial charge on any atom is -0.449 e. The number of alkyl halides is 3. The third-order valence-electron chi connectivity index (χ3n) is 3.79. The number of imide groups is 1. The first-order chi connectivity index (χ1) is 13.1. The summed E-state index contributed by atoms with van der Waals surface area (Å²) >= 11 is 0. The Hall–Kier alpha value is -3.36. The number of esters is 1. The molecular formula is C19H17F3N2O4. The summed E-state index contributed by atoms with van der Waals surface area (Å²) < 4.78 is 43.2. The van der Waals surface area contributed by atoms with Gasteiger partial charge in [-0.2, -0.15) is 13.2 Å². The first-order valence-corrected chi connectivity index (χ1v) is 8.13. The van der Waals surface area contributed by atoms with Crippen molar-refractivity contribution in [2.75, 3.05) is 7.05 Å². The number of nitrogens with one attached hydrogen (secondary N) is 2. The summed E-state index contributed by atoms with van der Waals surface area (Å²) in [6.07, 6.45) is -5.73. The largest absolute Gasteiger partial charge is 0.449 e. The Morgan fingerprint density at radius 2 is 1.61 bits per heavy atom. The SMILES string of the molecule is CNC(=O)NC(=O)[C@H](C)OC(=O)c1ccccc1-c1ccc(C(F)(F)F)cc1. The summed E-state index contributed by atoms with van der Waals surface area (Å²) in [5.41, 5.74) is -0.0131. The van der Waals surface area contributed by atoms with Crippen molar-refractivity contribution < 1.29 is 32.3 Å². The molecule has 2 aromatic carbocycles. The molecule has 0 fully saturated rings. The number of urea groups is 1. The van der Waals surface area contributed by atoms with Gasteiger partial charge >= 0.3 is 18.2 Å². The number of benzene rings is 2. The molecule has 3 amide bonds. The molecule has 0 aliphatic heterocycles. The molecule has 1 atom stereocenters. The molecule has 0 aliphatic rings. The van der Waals surface area contributed by atoms with Gasteiger partial charge in [-0.15, -0.1) is 0 Å². The van der Waals surface area contributed by atoms with E-state index in [1.54, 1.807) is 18.2 Å². The van der Waals surface area contributed by atoms with Crippen LogP contribution in [0.25, 0.3) is 11.1 Å². The van der Waals surface area contributed by atoms with Crippen molar-refractivity contribution in [3.63, 3.8) is 0 Å². The van der Waals surface area contributed by atoms with Gasteiger partial charge in [0.2, 0.25) is 0 Å². The topological polar surface area (TPSA) is 84.5 Å². The lowest BCUT2D eigenvalue weighted by Crippen LogP contribution is -2.43. The Bertz CT molecular complexity index is 879. The molecular weight excluding hydrogens is 377 g/mol. The fourth-order valence-corrected chi connectivity index (χ4v) is 2.31. The first-order valence-electron chi connectivity index (χ1n) is 8.13. The highest BCUT2D eigenvalue weighted by molar-refractivity contribution is 6.00. The molecule has 0 aromatic heterocycles. The van der Waals surface area contributed by atoms with E-state index in [4.69, 9.17) is 4.74 Å². The van der Waals surface area contributed by atoms with Crippen molar-refractivity contribution in [3.8, 4) is 11.1 Å². The molecule has 0 saturated heterocycles. The molecule has 2 N–H and O–H groups in total. The lowest BCUT2D eigenvalue weighted by atomic mass is 9.98. The lowest BCUT2D eigenvalue weighted by molar-refractivity contribution is -0.137. The number of hydrogen-bond acceptors (Lipinski definition) is 4. The Morgan fingerprint density at radius 3 is 2.18 bits per heavy atom. The highest BCUT2D eigenvalue weighted by Crippen LogP contribution is 2.32. The van der Waals surface area contributed by atoms with Crippen molar-refractivity contribution in [1.29, 1.82) is 0 Å². The fraction of sp³-hybridized carbons (Fsp3) is 0.211. The Labute approximate surface area is 158 Å². The number of amides is 3. The van der Waals surface area contributed by atoms with Gasteiger partial charge in [0.25, 0.3) is 5.91 Å². The van der Waals surface area contributed by atoms with E-state index in [0.29, 0.717) is 11.1 Å². The number of carbonyl (C=O) groups is 3. The number of ether oxygens (including phenoxy) is 1. The molecule has 6 nitrogen and oxygen atoms in total. The predicted octanol–water partition coefficient (Wildman–Crippen LogP) is 3.37. The summed E-state index contributed by atoms with van der Waals surface area (Å²) in [7, 11) is 1.32. The fourth-order valence-electron chi connectivity index (χ4n) is 2.31. The monoisotopic (exact) mass is 394 g/mol. The number of hydrogen-bond donors (Lipinski definition) is 2. The van der Waals surface area contributed by atoms with E-state index < -0.39 is 35.8 Å². The average Bonchev–Trinajstić information content (AvgIpc) is 2.67. The van der Waals surface area contributed by atoms with E-state index in [1.165, 1.54) is 32.2 Å². The number of rotatable bonds is 4. The van der Waals surface area contributed by atoms with Crippen LogP contribution in [0.2, 0.25) is 0 Å². The predicted molar refractivity (Wildman–Crippen MR) is 94.4 cm³/mol. The van der Waals surface area contributed by atoms with Gasteiger partial charge in [-0.25, -0.2) is 9.59 Å². The Kier molecular flexibility index (Phi) is 6.40. The normalized spacial score (nSPS) is 12.0. The first kappa shape index (κ1) is 20.9. The second-order valence-corrected chi connectivity index (χ2v) is 5.74.